The minimum atomic E-state index is -6.24. The Labute approximate surface area is 99.1 Å². The van der Waals surface area contributed by atoms with Crippen molar-refractivity contribution in [1.82, 2.24) is 0 Å². The van der Waals surface area contributed by atoms with Crippen LogP contribution in [0.4, 0.5) is 52.7 Å². The third-order valence-corrected chi connectivity index (χ3v) is 3.62. The lowest BCUT2D eigenvalue weighted by Gasteiger charge is -2.28. The van der Waals surface area contributed by atoms with Crippen molar-refractivity contribution in [3.63, 3.8) is 0 Å². The highest BCUT2D eigenvalue weighted by molar-refractivity contribution is 6.41. The SMILES string of the molecule is FC(F)(F)C([Si]C(C(F)(F)F)C(F)(F)F)C(F)(F)F. The molecule has 0 aromatic carbocycles. The van der Waals surface area contributed by atoms with Crippen LogP contribution in [-0.2, 0) is 0 Å². The van der Waals surface area contributed by atoms with E-state index < -0.39 is 45.3 Å². The summed E-state index contributed by atoms with van der Waals surface area (Å²) in [6.07, 6.45) is -25.0. The Kier molecular flexibility index (Phi) is 4.89. The van der Waals surface area contributed by atoms with Crippen LogP contribution in [0, 0.1) is 0 Å². The molecule has 0 saturated carbocycles. The van der Waals surface area contributed by atoms with E-state index in [1.165, 1.54) is 0 Å². The van der Waals surface area contributed by atoms with Crippen molar-refractivity contribution >= 4 is 9.52 Å². The first kappa shape index (κ1) is 18.4. The molecular weight excluding hydrogens is 328 g/mol. The maximum atomic E-state index is 11.9. The van der Waals surface area contributed by atoms with E-state index in [-0.39, 0.29) is 0 Å². The Hall–Kier alpha value is -0.623. The lowest BCUT2D eigenvalue weighted by Crippen LogP contribution is -2.44. The van der Waals surface area contributed by atoms with E-state index in [0.29, 0.717) is 0 Å². The molecule has 0 rings (SSSR count). The van der Waals surface area contributed by atoms with Crippen molar-refractivity contribution in [3.8, 4) is 0 Å². The predicted molar refractivity (Wildman–Crippen MR) is 37.5 cm³/mol. The Morgan fingerprint density at radius 1 is 0.421 bits per heavy atom. The fourth-order valence-corrected chi connectivity index (χ4v) is 2.01. The first-order valence-electron chi connectivity index (χ1n) is 4.00. The fourth-order valence-electron chi connectivity index (χ4n) is 0.916. The van der Waals surface area contributed by atoms with Crippen LogP contribution < -0.4 is 0 Å². The largest absolute Gasteiger partial charge is 0.397 e. The molecule has 0 saturated heterocycles. The van der Waals surface area contributed by atoms with Crippen molar-refractivity contribution in [1.29, 1.82) is 0 Å². The number of rotatable bonds is 2. The zero-order valence-corrected chi connectivity index (χ0v) is 9.19. The van der Waals surface area contributed by atoms with E-state index in [1.807, 2.05) is 0 Å². The Morgan fingerprint density at radius 3 is 0.684 bits per heavy atom. The standard InChI is InChI=1S/C6H2F12Si/c7-3(8,9)1(4(10,11)12)19-2(5(13,14)15)6(16,17)18/h1-2H. The molecule has 0 aliphatic carbocycles. The second kappa shape index (κ2) is 5.05. The van der Waals surface area contributed by atoms with Crippen LogP contribution in [0.2, 0.25) is 11.1 Å². The molecule has 0 fully saturated rings. The van der Waals surface area contributed by atoms with Crippen molar-refractivity contribution in [2.75, 3.05) is 0 Å². The minimum Gasteiger partial charge on any atom is -0.171 e. The topological polar surface area (TPSA) is 0 Å². The molecular formula is C6H2F12Si. The van der Waals surface area contributed by atoms with Crippen LogP contribution in [0.3, 0.4) is 0 Å². The average molecular weight is 330 g/mol. The second-order valence-corrected chi connectivity index (χ2v) is 4.69. The summed E-state index contributed by atoms with van der Waals surface area (Å²) in [6.45, 7) is 0. The average Bonchev–Trinajstić information content (AvgIpc) is 1.91. The molecule has 0 aliphatic heterocycles. The number of halogens is 12. The highest BCUT2D eigenvalue weighted by atomic mass is 28.2. The lowest BCUT2D eigenvalue weighted by atomic mass is 10.4. The van der Waals surface area contributed by atoms with E-state index >= 15 is 0 Å². The van der Waals surface area contributed by atoms with E-state index in [9.17, 15) is 52.7 Å². The smallest absolute Gasteiger partial charge is 0.171 e. The molecule has 0 atom stereocenters. The molecule has 0 aromatic heterocycles. The molecule has 0 amide bonds. The zero-order valence-electron chi connectivity index (χ0n) is 8.19. The summed E-state index contributed by atoms with van der Waals surface area (Å²) in [5.41, 5.74) is -9.35. The van der Waals surface area contributed by atoms with E-state index in [1.54, 1.807) is 0 Å². The second-order valence-electron chi connectivity index (χ2n) is 3.20. The monoisotopic (exact) mass is 330 g/mol. The van der Waals surface area contributed by atoms with Crippen LogP contribution in [0.15, 0.2) is 0 Å². The number of alkyl halides is 12. The summed E-state index contributed by atoms with van der Waals surface area (Å²) < 4.78 is 143. The van der Waals surface area contributed by atoms with Gasteiger partial charge in [-0.3, -0.25) is 0 Å². The molecule has 0 aromatic rings. The van der Waals surface area contributed by atoms with Gasteiger partial charge >= 0.3 is 24.7 Å². The van der Waals surface area contributed by atoms with Gasteiger partial charge in [0, 0.05) is 0 Å². The maximum absolute atomic E-state index is 11.9. The summed E-state index contributed by atoms with van der Waals surface area (Å²) in [7, 11) is -3.48. The van der Waals surface area contributed by atoms with Crippen LogP contribution in [0.25, 0.3) is 0 Å². The van der Waals surface area contributed by atoms with Gasteiger partial charge < -0.3 is 0 Å². The molecule has 114 valence electrons. The Balaban J connectivity index is 5.43. The van der Waals surface area contributed by atoms with Crippen molar-refractivity contribution in [2.45, 2.75) is 35.8 Å². The van der Waals surface area contributed by atoms with Gasteiger partial charge in [0.2, 0.25) is 0 Å². The van der Waals surface area contributed by atoms with Gasteiger partial charge in [0.05, 0.1) is 9.52 Å². The molecule has 19 heavy (non-hydrogen) atoms. The molecule has 0 nitrogen and oxygen atoms in total. The van der Waals surface area contributed by atoms with Gasteiger partial charge in [-0.1, -0.05) is 0 Å². The van der Waals surface area contributed by atoms with Crippen LogP contribution in [0.5, 0.6) is 0 Å². The van der Waals surface area contributed by atoms with Gasteiger partial charge in [-0.25, -0.2) is 0 Å². The molecule has 0 bridgehead atoms. The summed E-state index contributed by atoms with van der Waals surface area (Å²) in [5, 5.41) is 0. The third-order valence-electron chi connectivity index (χ3n) is 1.64. The molecule has 0 unspecified atom stereocenters. The van der Waals surface area contributed by atoms with Crippen LogP contribution >= 0.6 is 0 Å². The normalized spacial score (nSPS) is 15.5. The molecule has 0 heterocycles. The molecule has 0 spiro atoms. The van der Waals surface area contributed by atoms with Crippen molar-refractivity contribution < 1.29 is 52.7 Å². The molecule has 13 heteroatoms. The van der Waals surface area contributed by atoms with Gasteiger partial charge in [0.25, 0.3) is 0 Å². The van der Waals surface area contributed by atoms with Gasteiger partial charge in [-0.2, -0.15) is 52.7 Å². The van der Waals surface area contributed by atoms with Gasteiger partial charge in [0.15, 0.2) is 0 Å². The lowest BCUT2D eigenvalue weighted by molar-refractivity contribution is -0.244. The minimum absolute atomic E-state index is 3.48. The van der Waals surface area contributed by atoms with E-state index in [2.05, 4.69) is 0 Å². The number of hydrogen-bond donors (Lipinski definition) is 0. The molecule has 0 aliphatic rings. The maximum Gasteiger partial charge on any atom is 0.397 e. The summed E-state index contributed by atoms with van der Waals surface area (Å²) in [4.78, 5) is 0. The molecule has 0 N–H and O–H groups in total. The first-order valence-corrected chi connectivity index (χ1v) is 5.15. The highest BCUT2D eigenvalue weighted by Crippen LogP contribution is 2.51. The Morgan fingerprint density at radius 2 is 0.579 bits per heavy atom. The third kappa shape index (κ3) is 5.48. The predicted octanol–water partition coefficient (Wildman–Crippen LogP) is 4.52. The summed E-state index contributed by atoms with van der Waals surface area (Å²) in [6, 6.07) is 0. The Bertz CT molecular complexity index is 233. The van der Waals surface area contributed by atoms with Gasteiger partial charge in [-0.05, 0) is 0 Å². The van der Waals surface area contributed by atoms with E-state index in [0.717, 1.165) is 0 Å². The number of hydrogen-bond acceptors (Lipinski definition) is 0. The van der Waals surface area contributed by atoms with Crippen LogP contribution in [0.1, 0.15) is 0 Å². The van der Waals surface area contributed by atoms with E-state index in [4.69, 9.17) is 0 Å². The molecule has 2 radical (unpaired) electrons. The van der Waals surface area contributed by atoms with Crippen molar-refractivity contribution in [3.05, 3.63) is 0 Å². The van der Waals surface area contributed by atoms with Gasteiger partial charge in [0.1, 0.15) is 11.1 Å². The first-order chi connectivity index (χ1) is 7.97. The van der Waals surface area contributed by atoms with Gasteiger partial charge in [-0.15, -0.1) is 0 Å². The van der Waals surface area contributed by atoms with Crippen LogP contribution in [-0.4, -0.2) is 34.2 Å². The summed E-state index contributed by atoms with van der Waals surface area (Å²) >= 11 is 0. The fraction of sp³-hybridized carbons (Fsp3) is 1.00. The zero-order chi connectivity index (χ0) is 15.9. The highest BCUT2D eigenvalue weighted by Gasteiger charge is 2.65. The van der Waals surface area contributed by atoms with Crippen molar-refractivity contribution in [2.24, 2.45) is 0 Å². The summed E-state index contributed by atoms with van der Waals surface area (Å²) in [5.74, 6) is 0. The quantitative estimate of drug-likeness (QED) is 0.516.